The molecule has 23 heavy (non-hydrogen) atoms. The molecule has 1 heterocycles. The van der Waals surface area contributed by atoms with Crippen LogP contribution in [0, 0.1) is 5.92 Å². The number of halogens is 1. The van der Waals surface area contributed by atoms with Gasteiger partial charge in [-0.2, -0.15) is 0 Å². The van der Waals surface area contributed by atoms with Gasteiger partial charge in [0.15, 0.2) is 0 Å². The summed E-state index contributed by atoms with van der Waals surface area (Å²) in [7, 11) is 0. The van der Waals surface area contributed by atoms with Gasteiger partial charge in [-0.1, -0.05) is 37.3 Å². The first-order valence-electron chi connectivity index (χ1n) is 8.23. The second-order valence-corrected chi connectivity index (χ2v) is 6.46. The third-order valence-corrected chi connectivity index (χ3v) is 4.51. The van der Waals surface area contributed by atoms with Gasteiger partial charge in [0.05, 0.1) is 0 Å². The highest BCUT2D eigenvalue weighted by Gasteiger charge is 2.18. The van der Waals surface area contributed by atoms with E-state index < -0.39 is 6.10 Å². The zero-order chi connectivity index (χ0) is 15.4. The van der Waals surface area contributed by atoms with Crippen molar-refractivity contribution in [1.29, 1.82) is 0 Å². The number of rotatable bonds is 5. The van der Waals surface area contributed by atoms with E-state index in [1.807, 2.05) is 24.3 Å². The summed E-state index contributed by atoms with van der Waals surface area (Å²) in [4.78, 5) is 2.34. The van der Waals surface area contributed by atoms with Gasteiger partial charge >= 0.3 is 0 Å². The van der Waals surface area contributed by atoms with E-state index in [0.717, 1.165) is 24.8 Å². The van der Waals surface area contributed by atoms with Crippen molar-refractivity contribution in [3.63, 3.8) is 0 Å². The van der Waals surface area contributed by atoms with Crippen LogP contribution in [0.15, 0.2) is 42.5 Å². The Labute approximate surface area is 144 Å². The minimum absolute atomic E-state index is 0. The molecule has 0 aromatic heterocycles. The van der Waals surface area contributed by atoms with Crippen LogP contribution in [0.2, 0.25) is 0 Å². The second kappa shape index (κ2) is 8.53. The van der Waals surface area contributed by atoms with Crippen molar-refractivity contribution < 1.29 is 22.3 Å². The van der Waals surface area contributed by atoms with Crippen LogP contribution in [0.5, 0.6) is 5.75 Å². The lowest BCUT2D eigenvalue weighted by atomic mass is 9.99. The number of β-amino-alcohol motifs (C(OH)–C–C–N with tert-alkyl or cyclic N) is 1. The van der Waals surface area contributed by atoms with Gasteiger partial charge in [-0.05, 0) is 54.8 Å². The summed E-state index contributed by atoms with van der Waals surface area (Å²) in [6.07, 6.45) is 2.04. The molecule has 1 fully saturated rings. The number of benzene rings is 2. The van der Waals surface area contributed by atoms with Crippen LogP contribution in [0.25, 0.3) is 10.8 Å². The third kappa shape index (κ3) is 5.10. The largest absolute Gasteiger partial charge is 1.00 e. The van der Waals surface area contributed by atoms with Crippen molar-refractivity contribution in [3.05, 3.63) is 42.5 Å². The molecule has 4 heteroatoms. The van der Waals surface area contributed by atoms with E-state index in [9.17, 15) is 5.11 Å². The van der Waals surface area contributed by atoms with Gasteiger partial charge < -0.3 is 27.2 Å². The molecule has 0 spiro atoms. The Bertz CT molecular complexity index is 611. The Kier molecular flexibility index (Phi) is 6.70. The molecule has 1 N–H and O–H groups in total. The maximum atomic E-state index is 10.2. The fourth-order valence-corrected chi connectivity index (χ4v) is 3.04. The number of nitrogens with zero attached hydrogens (tertiary/aromatic N) is 1. The van der Waals surface area contributed by atoms with Crippen LogP contribution < -0.4 is 17.1 Å². The van der Waals surface area contributed by atoms with Gasteiger partial charge in [-0.15, -0.1) is 0 Å². The maximum Gasteiger partial charge on any atom is 0.120 e. The number of hydrogen-bond donors (Lipinski definition) is 1. The smallest absolute Gasteiger partial charge is 0.120 e. The third-order valence-electron chi connectivity index (χ3n) is 4.51. The van der Waals surface area contributed by atoms with Gasteiger partial charge in [-0.25, -0.2) is 0 Å². The van der Waals surface area contributed by atoms with Crippen molar-refractivity contribution in [2.24, 2.45) is 5.92 Å². The molecule has 2 aromatic carbocycles. The molecule has 0 saturated carbocycles. The standard InChI is InChI=1S/C19H25NO2.ClH/c1-15-8-10-20(11-9-15)13-18(21)14-22-19-7-6-16-4-2-3-5-17(16)12-19;/h2-7,12,15,18,21H,8-11,13-14H2,1H3;1H/p-1. The van der Waals surface area contributed by atoms with E-state index in [1.54, 1.807) is 0 Å². The van der Waals surface area contributed by atoms with Crippen molar-refractivity contribution >= 4 is 10.8 Å². The number of piperidine rings is 1. The van der Waals surface area contributed by atoms with Crippen molar-refractivity contribution in [2.45, 2.75) is 25.9 Å². The van der Waals surface area contributed by atoms with Crippen LogP contribution in [-0.2, 0) is 0 Å². The van der Waals surface area contributed by atoms with Gasteiger partial charge in [0.2, 0.25) is 0 Å². The summed E-state index contributed by atoms with van der Waals surface area (Å²) in [5, 5.41) is 12.5. The van der Waals surface area contributed by atoms with Crippen molar-refractivity contribution in [2.75, 3.05) is 26.2 Å². The van der Waals surface area contributed by atoms with Crippen LogP contribution >= 0.6 is 0 Å². The number of likely N-dealkylation sites (tertiary alicyclic amines) is 1. The van der Waals surface area contributed by atoms with E-state index in [0.29, 0.717) is 13.2 Å². The molecule has 1 aliphatic rings. The summed E-state index contributed by atoms with van der Waals surface area (Å²) in [6.45, 7) is 5.55. The zero-order valence-electron chi connectivity index (χ0n) is 13.6. The number of ether oxygens (including phenoxy) is 1. The zero-order valence-corrected chi connectivity index (χ0v) is 14.4. The van der Waals surface area contributed by atoms with Crippen molar-refractivity contribution in [3.8, 4) is 5.75 Å². The first-order chi connectivity index (χ1) is 10.7. The maximum absolute atomic E-state index is 10.2. The Morgan fingerprint density at radius 1 is 1.13 bits per heavy atom. The Hall–Kier alpha value is -1.29. The predicted octanol–water partition coefficient (Wildman–Crippen LogP) is 0.315. The minimum atomic E-state index is -0.431. The molecule has 0 radical (unpaired) electrons. The van der Waals surface area contributed by atoms with Gasteiger partial charge in [0, 0.05) is 6.54 Å². The van der Waals surface area contributed by atoms with Crippen LogP contribution in [0.3, 0.4) is 0 Å². The van der Waals surface area contributed by atoms with Gasteiger partial charge in [0.25, 0.3) is 0 Å². The predicted molar refractivity (Wildman–Crippen MR) is 90.3 cm³/mol. The summed E-state index contributed by atoms with van der Waals surface area (Å²) >= 11 is 0. The number of fused-ring (bicyclic) bond motifs is 1. The Morgan fingerprint density at radius 2 is 1.83 bits per heavy atom. The van der Waals surface area contributed by atoms with E-state index >= 15 is 0 Å². The second-order valence-electron chi connectivity index (χ2n) is 6.46. The van der Waals surface area contributed by atoms with Crippen molar-refractivity contribution in [1.82, 2.24) is 4.90 Å². The molecular formula is C19H25ClNO2-. The molecule has 0 amide bonds. The fourth-order valence-electron chi connectivity index (χ4n) is 3.04. The minimum Gasteiger partial charge on any atom is -1.00 e. The molecular weight excluding hydrogens is 310 g/mol. The molecule has 1 unspecified atom stereocenters. The summed E-state index contributed by atoms with van der Waals surface area (Å²) < 4.78 is 5.76. The lowest BCUT2D eigenvalue weighted by molar-refractivity contribution is -0.00000672. The van der Waals surface area contributed by atoms with Crippen LogP contribution in [0.4, 0.5) is 0 Å². The average Bonchev–Trinajstić information content (AvgIpc) is 2.55. The highest BCUT2D eigenvalue weighted by Crippen LogP contribution is 2.21. The molecule has 1 atom stereocenters. The summed E-state index contributed by atoms with van der Waals surface area (Å²) in [6, 6.07) is 14.3. The highest BCUT2D eigenvalue weighted by atomic mass is 35.5. The SMILES string of the molecule is CC1CCN(CC(O)COc2ccc3ccccc3c2)CC1.[Cl-]. The molecule has 0 bridgehead atoms. The molecule has 1 aliphatic heterocycles. The quantitative estimate of drug-likeness (QED) is 0.854. The number of hydrogen-bond acceptors (Lipinski definition) is 3. The molecule has 126 valence electrons. The molecule has 0 aliphatic carbocycles. The number of aliphatic hydroxyl groups is 1. The Balaban J connectivity index is 0.00000192. The van der Waals surface area contributed by atoms with E-state index in [2.05, 4.69) is 30.0 Å². The lowest BCUT2D eigenvalue weighted by Gasteiger charge is -2.31. The summed E-state index contributed by atoms with van der Waals surface area (Å²) in [5.41, 5.74) is 0. The molecule has 2 aromatic rings. The fraction of sp³-hybridized carbons (Fsp3) is 0.474. The van der Waals surface area contributed by atoms with Gasteiger partial charge in [0.1, 0.15) is 18.5 Å². The molecule has 3 rings (SSSR count). The van der Waals surface area contributed by atoms with E-state index in [-0.39, 0.29) is 12.4 Å². The number of aliphatic hydroxyl groups excluding tert-OH is 1. The first kappa shape index (κ1) is 18.1. The topological polar surface area (TPSA) is 32.7 Å². The van der Waals surface area contributed by atoms with Crippen LogP contribution in [-0.4, -0.2) is 42.4 Å². The Morgan fingerprint density at radius 3 is 2.57 bits per heavy atom. The van der Waals surface area contributed by atoms with E-state index in [4.69, 9.17) is 4.74 Å². The lowest BCUT2D eigenvalue weighted by Crippen LogP contribution is -3.00. The molecule has 1 saturated heterocycles. The average molecular weight is 335 g/mol. The monoisotopic (exact) mass is 334 g/mol. The van der Waals surface area contributed by atoms with E-state index in [1.165, 1.54) is 23.6 Å². The highest BCUT2D eigenvalue weighted by molar-refractivity contribution is 5.83. The molecule has 3 nitrogen and oxygen atoms in total. The van der Waals surface area contributed by atoms with Crippen LogP contribution in [0.1, 0.15) is 19.8 Å². The van der Waals surface area contributed by atoms with Gasteiger partial charge in [-0.3, -0.25) is 0 Å². The summed E-state index contributed by atoms with van der Waals surface area (Å²) in [5.74, 6) is 1.65. The first-order valence-corrected chi connectivity index (χ1v) is 8.23. The normalized spacial score (nSPS) is 17.7.